The predicted octanol–water partition coefficient (Wildman–Crippen LogP) is 4.82. The molecule has 0 amide bonds. The molecular weight excluding hydrogens is 334 g/mol. The number of hydrogen-bond acceptors (Lipinski definition) is 3. The zero-order valence-electron chi connectivity index (χ0n) is 15.1. The summed E-state index contributed by atoms with van der Waals surface area (Å²) in [5.41, 5.74) is 4.39. The van der Waals surface area contributed by atoms with Gasteiger partial charge in [-0.05, 0) is 41.5 Å². The topological polar surface area (TPSA) is 38.7 Å². The van der Waals surface area contributed by atoms with Crippen LogP contribution in [-0.4, -0.2) is 19.3 Å². The molecule has 132 valence electrons. The molecule has 0 aliphatic heterocycles. The Morgan fingerprint density at radius 1 is 0.963 bits per heavy atom. The van der Waals surface area contributed by atoms with Crippen LogP contribution in [0.25, 0.3) is 0 Å². The summed E-state index contributed by atoms with van der Waals surface area (Å²) in [7, 11) is 1.37. The van der Waals surface area contributed by atoms with Crippen molar-refractivity contribution in [2.45, 2.75) is 6.42 Å². The van der Waals surface area contributed by atoms with Crippen molar-refractivity contribution in [1.82, 2.24) is 0 Å². The highest BCUT2D eigenvalue weighted by Gasteiger charge is 2.03. The van der Waals surface area contributed by atoms with Gasteiger partial charge < -0.3 is 4.74 Å². The Morgan fingerprint density at radius 2 is 1.67 bits per heavy atom. The molecule has 0 saturated heterocycles. The third kappa shape index (κ3) is 5.17. The van der Waals surface area contributed by atoms with Gasteiger partial charge in [0.2, 0.25) is 0 Å². The van der Waals surface area contributed by atoms with Crippen molar-refractivity contribution in [2.24, 2.45) is 4.99 Å². The molecule has 0 fully saturated rings. The minimum Gasteiger partial charge on any atom is -0.465 e. The van der Waals surface area contributed by atoms with Crippen molar-refractivity contribution in [3.05, 3.63) is 101 Å². The largest absolute Gasteiger partial charge is 0.465 e. The molecule has 3 rings (SSSR count). The van der Waals surface area contributed by atoms with Crippen LogP contribution in [0.4, 0.5) is 5.69 Å². The quantitative estimate of drug-likeness (QED) is 0.383. The molecule has 3 nitrogen and oxygen atoms in total. The number of methoxy groups -OCH3 is 1. The highest BCUT2D eigenvalue weighted by Crippen LogP contribution is 2.19. The Kier molecular flexibility index (Phi) is 6.17. The first-order valence-corrected chi connectivity index (χ1v) is 8.60. The average molecular weight is 353 g/mol. The fraction of sp³-hybridized carbons (Fsp3) is 0.0833. The summed E-state index contributed by atoms with van der Waals surface area (Å²) < 4.78 is 4.71. The van der Waals surface area contributed by atoms with Crippen molar-refractivity contribution < 1.29 is 9.53 Å². The molecule has 3 aromatic carbocycles. The lowest BCUT2D eigenvalue weighted by Crippen LogP contribution is -2.00. The maximum Gasteiger partial charge on any atom is 0.337 e. The van der Waals surface area contributed by atoms with Gasteiger partial charge in [0.15, 0.2) is 0 Å². The zero-order valence-corrected chi connectivity index (χ0v) is 15.1. The summed E-state index contributed by atoms with van der Waals surface area (Å²) in [6.45, 7) is 0. The second-order valence-corrected chi connectivity index (χ2v) is 5.85. The van der Waals surface area contributed by atoms with Gasteiger partial charge in [-0.2, -0.15) is 0 Å². The third-order valence-corrected chi connectivity index (χ3v) is 3.96. The number of ether oxygens (including phenoxy) is 1. The number of carbonyl (C=O) groups is 1. The normalized spacial score (nSPS) is 10.3. The lowest BCUT2D eigenvalue weighted by molar-refractivity contribution is 0.0600. The summed E-state index contributed by atoms with van der Waals surface area (Å²) in [6.07, 6.45) is 2.41. The van der Waals surface area contributed by atoms with Crippen LogP contribution < -0.4 is 0 Å². The molecular formula is C24H19NO2. The number of rotatable bonds is 4. The van der Waals surface area contributed by atoms with E-state index in [2.05, 4.69) is 16.8 Å². The zero-order chi connectivity index (χ0) is 18.9. The van der Waals surface area contributed by atoms with Gasteiger partial charge in [-0.25, -0.2) is 4.79 Å². The second-order valence-electron chi connectivity index (χ2n) is 5.85. The monoisotopic (exact) mass is 353 g/mol. The molecule has 0 aliphatic rings. The number of aliphatic imine (C=N–C) groups is 1. The number of nitrogens with zero attached hydrogens (tertiary/aromatic N) is 1. The molecule has 0 unspecified atom stereocenters. The first kappa shape index (κ1) is 18.2. The fourth-order valence-electron chi connectivity index (χ4n) is 2.52. The lowest BCUT2D eigenvalue weighted by atomic mass is 10.1. The van der Waals surface area contributed by atoms with E-state index in [9.17, 15) is 4.79 Å². The van der Waals surface area contributed by atoms with Crippen LogP contribution in [0.2, 0.25) is 0 Å². The smallest absolute Gasteiger partial charge is 0.337 e. The average Bonchev–Trinajstić information content (AvgIpc) is 2.73. The van der Waals surface area contributed by atoms with E-state index < -0.39 is 0 Å². The number of benzene rings is 3. The van der Waals surface area contributed by atoms with Crippen LogP contribution in [0.1, 0.15) is 27.0 Å². The molecule has 0 aromatic heterocycles. The predicted molar refractivity (Wildman–Crippen MR) is 109 cm³/mol. The summed E-state index contributed by atoms with van der Waals surface area (Å²) in [4.78, 5) is 16.1. The van der Waals surface area contributed by atoms with Crippen LogP contribution in [0.5, 0.6) is 0 Å². The van der Waals surface area contributed by atoms with Gasteiger partial charge in [-0.3, -0.25) is 4.99 Å². The Morgan fingerprint density at radius 3 is 2.41 bits per heavy atom. The molecule has 0 radical (unpaired) electrons. The number of hydrogen-bond donors (Lipinski definition) is 0. The Labute approximate surface area is 159 Å². The molecule has 0 heterocycles. The minimum atomic E-state index is -0.346. The van der Waals surface area contributed by atoms with E-state index in [-0.39, 0.29) is 5.97 Å². The van der Waals surface area contributed by atoms with Crippen LogP contribution in [0.3, 0.4) is 0 Å². The molecule has 27 heavy (non-hydrogen) atoms. The maximum atomic E-state index is 11.5. The molecule has 3 aromatic rings. The van der Waals surface area contributed by atoms with E-state index in [0.717, 1.165) is 22.4 Å². The first-order chi connectivity index (χ1) is 13.3. The van der Waals surface area contributed by atoms with Gasteiger partial charge in [0.1, 0.15) is 0 Å². The van der Waals surface area contributed by atoms with E-state index in [0.29, 0.717) is 12.0 Å². The van der Waals surface area contributed by atoms with Gasteiger partial charge in [-0.1, -0.05) is 60.4 Å². The molecule has 0 N–H and O–H groups in total. The van der Waals surface area contributed by atoms with Gasteiger partial charge >= 0.3 is 5.97 Å². The molecule has 0 atom stereocenters. The van der Waals surface area contributed by atoms with E-state index in [1.165, 1.54) is 7.11 Å². The number of para-hydroxylation sites is 1. The molecule has 0 spiro atoms. The molecule has 0 saturated carbocycles. The Hall–Kier alpha value is -3.64. The number of esters is 1. The summed E-state index contributed by atoms with van der Waals surface area (Å²) in [5, 5.41) is 0. The summed E-state index contributed by atoms with van der Waals surface area (Å²) in [6, 6.07) is 25.0. The van der Waals surface area contributed by atoms with Gasteiger partial charge in [0, 0.05) is 18.2 Å². The lowest BCUT2D eigenvalue weighted by Gasteiger charge is -2.02. The minimum absolute atomic E-state index is 0.346. The second kappa shape index (κ2) is 9.17. The highest BCUT2D eigenvalue weighted by molar-refractivity contribution is 5.91. The SMILES string of the molecule is COC(=O)c1ccc(C=Nc2ccccc2CC#Cc2ccccc2)cc1. The van der Waals surface area contributed by atoms with E-state index >= 15 is 0 Å². The van der Waals surface area contributed by atoms with Crippen molar-refractivity contribution in [3.63, 3.8) is 0 Å². The van der Waals surface area contributed by atoms with Crippen molar-refractivity contribution in [1.29, 1.82) is 0 Å². The van der Waals surface area contributed by atoms with Crippen molar-refractivity contribution >= 4 is 17.9 Å². The van der Waals surface area contributed by atoms with Gasteiger partial charge in [0.05, 0.1) is 18.4 Å². The fourth-order valence-corrected chi connectivity index (χ4v) is 2.52. The Bertz CT molecular complexity index is 994. The highest BCUT2D eigenvalue weighted by atomic mass is 16.5. The van der Waals surface area contributed by atoms with Crippen molar-refractivity contribution in [2.75, 3.05) is 7.11 Å². The number of carbonyl (C=O) groups excluding carboxylic acids is 1. The van der Waals surface area contributed by atoms with E-state index in [4.69, 9.17) is 4.74 Å². The van der Waals surface area contributed by atoms with E-state index in [1.54, 1.807) is 18.3 Å². The van der Waals surface area contributed by atoms with E-state index in [1.807, 2.05) is 66.7 Å². The van der Waals surface area contributed by atoms with Crippen molar-refractivity contribution in [3.8, 4) is 11.8 Å². The third-order valence-electron chi connectivity index (χ3n) is 3.96. The van der Waals surface area contributed by atoms with Crippen LogP contribution in [0.15, 0.2) is 83.9 Å². The first-order valence-electron chi connectivity index (χ1n) is 8.60. The molecule has 0 bridgehead atoms. The van der Waals surface area contributed by atoms with Gasteiger partial charge in [-0.15, -0.1) is 0 Å². The van der Waals surface area contributed by atoms with Crippen LogP contribution in [-0.2, 0) is 11.2 Å². The standard InChI is InChI=1S/C24H19NO2/c1-27-24(26)22-16-14-20(15-17-22)18-25-23-13-6-5-11-21(23)12-7-10-19-8-3-2-4-9-19/h2-6,8-9,11,13-18H,12H2,1H3. The molecule has 3 heteroatoms. The van der Waals surface area contributed by atoms with Gasteiger partial charge in [0.25, 0.3) is 0 Å². The maximum absolute atomic E-state index is 11.5. The summed E-state index contributed by atoms with van der Waals surface area (Å²) in [5.74, 6) is 6.03. The van der Waals surface area contributed by atoms with Crippen LogP contribution >= 0.6 is 0 Å². The molecule has 0 aliphatic carbocycles. The summed E-state index contributed by atoms with van der Waals surface area (Å²) >= 11 is 0. The van der Waals surface area contributed by atoms with Crippen LogP contribution in [0, 0.1) is 11.8 Å². The Balaban J connectivity index is 1.73.